The molecule has 2 aromatic rings. The number of hydrogen-bond donors (Lipinski definition) is 2. The Labute approximate surface area is 141 Å². The molecular weight excluding hydrogens is 316 g/mol. The minimum Gasteiger partial charge on any atom is -0.497 e. The van der Waals surface area contributed by atoms with Crippen LogP contribution in [0, 0.1) is 0 Å². The maximum atomic E-state index is 6.10. The van der Waals surface area contributed by atoms with Crippen molar-refractivity contribution in [1.82, 2.24) is 10.6 Å². The maximum Gasteiger partial charge on any atom is 0.166 e. The van der Waals surface area contributed by atoms with Crippen LogP contribution in [0.25, 0.3) is 0 Å². The van der Waals surface area contributed by atoms with E-state index in [9.17, 15) is 0 Å². The Morgan fingerprint density at radius 1 is 1.09 bits per heavy atom. The molecule has 116 valence electrons. The number of hydrogen-bond acceptors (Lipinski definition) is 2. The first-order valence-electron chi connectivity index (χ1n) is 7.07. The SMILES string of the molecule is COc1ccc(CCNC(=S)NCc2ccccc2Cl)cc1. The van der Waals surface area contributed by atoms with Crippen molar-refractivity contribution < 1.29 is 4.74 Å². The van der Waals surface area contributed by atoms with E-state index < -0.39 is 0 Å². The van der Waals surface area contributed by atoms with Crippen LogP contribution in [0.5, 0.6) is 5.75 Å². The number of halogens is 1. The molecular formula is C17H19ClN2OS. The fraction of sp³-hybridized carbons (Fsp3) is 0.235. The molecule has 0 amide bonds. The quantitative estimate of drug-likeness (QED) is 0.791. The van der Waals surface area contributed by atoms with Gasteiger partial charge in [0.2, 0.25) is 0 Å². The van der Waals surface area contributed by atoms with Crippen LogP contribution in [0.4, 0.5) is 0 Å². The normalized spacial score (nSPS) is 10.1. The van der Waals surface area contributed by atoms with Gasteiger partial charge in [0.05, 0.1) is 7.11 Å². The van der Waals surface area contributed by atoms with E-state index in [0.29, 0.717) is 11.7 Å². The van der Waals surface area contributed by atoms with Crippen LogP contribution in [0.3, 0.4) is 0 Å². The second-order valence-electron chi connectivity index (χ2n) is 4.80. The zero-order valence-corrected chi connectivity index (χ0v) is 14.0. The fourth-order valence-corrected chi connectivity index (χ4v) is 2.37. The predicted molar refractivity (Wildman–Crippen MR) is 95.6 cm³/mol. The third-order valence-corrected chi connectivity index (χ3v) is 3.91. The zero-order chi connectivity index (χ0) is 15.8. The van der Waals surface area contributed by atoms with Gasteiger partial charge in [-0.25, -0.2) is 0 Å². The molecule has 5 heteroatoms. The van der Waals surface area contributed by atoms with Gasteiger partial charge < -0.3 is 15.4 Å². The largest absolute Gasteiger partial charge is 0.497 e. The van der Waals surface area contributed by atoms with Gasteiger partial charge >= 0.3 is 0 Å². The lowest BCUT2D eigenvalue weighted by atomic mass is 10.1. The number of rotatable bonds is 6. The van der Waals surface area contributed by atoms with Crippen molar-refractivity contribution in [2.45, 2.75) is 13.0 Å². The summed E-state index contributed by atoms with van der Waals surface area (Å²) < 4.78 is 5.14. The van der Waals surface area contributed by atoms with Crippen molar-refractivity contribution in [3.63, 3.8) is 0 Å². The summed E-state index contributed by atoms with van der Waals surface area (Å²) >= 11 is 11.4. The summed E-state index contributed by atoms with van der Waals surface area (Å²) in [7, 11) is 1.67. The van der Waals surface area contributed by atoms with Crippen molar-refractivity contribution in [1.29, 1.82) is 0 Å². The number of methoxy groups -OCH3 is 1. The van der Waals surface area contributed by atoms with Crippen molar-refractivity contribution in [3.05, 3.63) is 64.7 Å². The third-order valence-electron chi connectivity index (χ3n) is 3.26. The highest BCUT2D eigenvalue weighted by atomic mass is 35.5. The Morgan fingerprint density at radius 2 is 1.82 bits per heavy atom. The Bertz CT molecular complexity index is 616. The van der Waals surface area contributed by atoms with E-state index in [2.05, 4.69) is 22.8 Å². The molecule has 0 aliphatic heterocycles. The molecule has 0 atom stereocenters. The van der Waals surface area contributed by atoms with Crippen molar-refractivity contribution in [3.8, 4) is 5.75 Å². The van der Waals surface area contributed by atoms with Crippen molar-refractivity contribution in [2.75, 3.05) is 13.7 Å². The maximum absolute atomic E-state index is 6.10. The highest BCUT2D eigenvalue weighted by Gasteiger charge is 2.01. The molecule has 0 bridgehead atoms. The molecule has 0 spiro atoms. The molecule has 2 rings (SSSR count). The van der Waals surface area contributed by atoms with Gasteiger partial charge in [0, 0.05) is 18.1 Å². The average molecular weight is 335 g/mol. The molecule has 2 N–H and O–H groups in total. The minimum atomic E-state index is 0.619. The monoisotopic (exact) mass is 334 g/mol. The molecule has 0 unspecified atom stereocenters. The van der Waals surface area contributed by atoms with Crippen LogP contribution >= 0.6 is 23.8 Å². The second kappa shape index (κ2) is 8.61. The summed E-state index contributed by atoms with van der Waals surface area (Å²) in [4.78, 5) is 0. The summed E-state index contributed by atoms with van der Waals surface area (Å²) in [6.07, 6.45) is 0.901. The fourth-order valence-electron chi connectivity index (χ4n) is 1.99. The molecule has 0 aliphatic carbocycles. The van der Waals surface area contributed by atoms with E-state index >= 15 is 0 Å². The Hall–Kier alpha value is -1.78. The zero-order valence-electron chi connectivity index (χ0n) is 12.4. The molecule has 22 heavy (non-hydrogen) atoms. The lowest BCUT2D eigenvalue weighted by molar-refractivity contribution is 0.414. The van der Waals surface area contributed by atoms with Gasteiger partial charge in [0.1, 0.15) is 5.75 Å². The second-order valence-corrected chi connectivity index (χ2v) is 5.61. The summed E-state index contributed by atoms with van der Waals surface area (Å²) in [6, 6.07) is 15.8. The van der Waals surface area contributed by atoms with Gasteiger partial charge in [0.25, 0.3) is 0 Å². The molecule has 2 aromatic carbocycles. The van der Waals surface area contributed by atoms with E-state index in [0.717, 1.165) is 29.3 Å². The first-order chi connectivity index (χ1) is 10.7. The topological polar surface area (TPSA) is 33.3 Å². The van der Waals surface area contributed by atoms with Gasteiger partial charge in [-0.3, -0.25) is 0 Å². The first kappa shape index (κ1) is 16.6. The van der Waals surface area contributed by atoms with Crippen LogP contribution in [0.1, 0.15) is 11.1 Å². The van der Waals surface area contributed by atoms with Gasteiger partial charge in [-0.05, 0) is 48.0 Å². The lowest BCUT2D eigenvalue weighted by Crippen LogP contribution is -2.35. The van der Waals surface area contributed by atoms with Gasteiger partial charge in [0.15, 0.2) is 5.11 Å². The van der Waals surface area contributed by atoms with Crippen molar-refractivity contribution in [2.24, 2.45) is 0 Å². The van der Waals surface area contributed by atoms with Crippen LogP contribution in [-0.4, -0.2) is 18.8 Å². The first-order valence-corrected chi connectivity index (χ1v) is 7.85. The summed E-state index contributed by atoms with van der Waals surface area (Å²) in [5.74, 6) is 0.869. The Balaban J connectivity index is 1.70. The molecule has 0 heterocycles. The van der Waals surface area contributed by atoms with Crippen LogP contribution in [-0.2, 0) is 13.0 Å². The molecule has 0 aromatic heterocycles. The standard InChI is InChI=1S/C17H19ClN2OS/c1-21-15-8-6-13(7-9-15)10-11-19-17(22)20-12-14-4-2-3-5-16(14)18/h2-9H,10-12H2,1H3,(H2,19,20,22). The molecule has 3 nitrogen and oxygen atoms in total. The molecule has 0 saturated heterocycles. The minimum absolute atomic E-state index is 0.619. The Kier molecular flexibility index (Phi) is 6.49. The summed E-state index contributed by atoms with van der Waals surface area (Å²) in [6.45, 7) is 1.40. The molecule has 0 saturated carbocycles. The molecule has 0 radical (unpaired) electrons. The number of nitrogens with one attached hydrogen (secondary N) is 2. The number of ether oxygens (including phenoxy) is 1. The highest BCUT2D eigenvalue weighted by Crippen LogP contribution is 2.14. The Morgan fingerprint density at radius 3 is 2.50 bits per heavy atom. The number of thiocarbonyl (C=S) groups is 1. The number of benzene rings is 2. The van der Waals surface area contributed by atoms with E-state index in [-0.39, 0.29) is 0 Å². The summed E-state index contributed by atoms with van der Waals surface area (Å²) in [5, 5.41) is 7.73. The molecule has 0 fully saturated rings. The van der Waals surface area contributed by atoms with Gasteiger partial charge in [-0.2, -0.15) is 0 Å². The highest BCUT2D eigenvalue weighted by molar-refractivity contribution is 7.80. The van der Waals surface area contributed by atoms with E-state index in [4.69, 9.17) is 28.6 Å². The van der Waals surface area contributed by atoms with Crippen LogP contribution in [0.15, 0.2) is 48.5 Å². The third kappa shape index (κ3) is 5.20. The summed E-state index contributed by atoms with van der Waals surface area (Å²) in [5.41, 5.74) is 2.27. The van der Waals surface area contributed by atoms with Crippen LogP contribution in [0.2, 0.25) is 5.02 Å². The molecule has 0 aliphatic rings. The van der Waals surface area contributed by atoms with E-state index in [1.807, 2.05) is 36.4 Å². The lowest BCUT2D eigenvalue weighted by Gasteiger charge is -2.11. The van der Waals surface area contributed by atoms with E-state index in [1.165, 1.54) is 5.56 Å². The van der Waals surface area contributed by atoms with Crippen LogP contribution < -0.4 is 15.4 Å². The van der Waals surface area contributed by atoms with E-state index in [1.54, 1.807) is 7.11 Å². The van der Waals surface area contributed by atoms with Gasteiger partial charge in [-0.1, -0.05) is 41.9 Å². The van der Waals surface area contributed by atoms with Crippen molar-refractivity contribution >= 4 is 28.9 Å². The predicted octanol–water partition coefficient (Wildman–Crippen LogP) is 3.56. The average Bonchev–Trinajstić information content (AvgIpc) is 2.55. The van der Waals surface area contributed by atoms with Gasteiger partial charge in [-0.15, -0.1) is 0 Å². The smallest absolute Gasteiger partial charge is 0.166 e.